The van der Waals surface area contributed by atoms with Crippen molar-refractivity contribution in [3.05, 3.63) is 0 Å². The van der Waals surface area contributed by atoms with Gasteiger partial charge in [0, 0.05) is 12.6 Å². The highest BCUT2D eigenvalue weighted by molar-refractivity contribution is 7.87. The number of ether oxygens (including phenoxy) is 1. The molecular formula is C8H14N2O5S. The van der Waals surface area contributed by atoms with Crippen LogP contribution in [-0.4, -0.2) is 55.6 Å². The average molecular weight is 250 g/mol. The minimum Gasteiger partial charge on any atom is -0.479 e. The number of hydrogen-bond donors (Lipinski definition) is 2. The van der Waals surface area contributed by atoms with Gasteiger partial charge in [-0.1, -0.05) is 0 Å². The summed E-state index contributed by atoms with van der Waals surface area (Å²) in [6.45, 7) is 0.186. The first-order chi connectivity index (χ1) is 7.49. The number of carbonyl (C=O) groups is 1. The predicted molar refractivity (Wildman–Crippen MR) is 54.0 cm³/mol. The predicted octanol–water partition coefficient (Wildman–Crippen LogP) is -1.23. The highest BCUT2D eigenvalue weighted by Gasteiger charge is 2.36. The fraction of sp³-hybridized carbons (Fsp3) is 0.875. The molecule has 1 aliphatic carbocycles. The third-order valence-electron chi connectivity index (χ3n) is 2.54. The van der Waals surface area contributed by atoms with Gasteiger partial charge in [-0.15, -0.1) is 0 Å². The van der Waals surface area contributed by atoms with E-state index in [2.05, 4.69) is 4.72 Å². The van der Waals surface area contributed by atoms with Crippen LogP contribution in [0.4, 0.5) is 0 Å². The summed E-state index contributed by atoms with van der Waals surface area (Å²) < 4.78 is 32.1. The molecule has 0 spiro atoms. The number of nitrogens with one attached hydrogen (secondary N) is 1. The van der Waals surface area contributed by atoms with Gasteiger partial charge < -0.3 is 9.84 Å². The molecule has 1 atom stereocenters. The Balaban J connectivity index is 1.99. The van der Waals surface area contributed by atoms with Crippen molar-refractivity contribution in [2.75, 3.05) is 19.7 Å². The summed E-state index contributed by atoms with van der Waals surface area (Å²) in [6.07, 6.45) is 0.641. The number of carboxylic acids is 1. The van der Waals surface area contributed by atoms with Crippen LogP contribution < -0.4 is 4.72 Å². The number of hydrogen-bond acceptors (Lipinski definition) is 4. The zero-order chi connectivity index (χ0) is 11.8. The molecule has 0 amide bonds. The van der Waals surface area contributed by atoms with Gasteiger partial charge in [0.25, 0.3) is 10.2 Å². The highest BCUT2D eigenvalue weighted by atomic mass is 32.2. The molecule has 2 rings (SSSR count). The van der Waals surface area contributed by atoms with E-state index in [1.165, 1.54) is 0 Å². The van der Waals surface area contributed by atoms with Crippen molar-refractivity contribution in [3.63, 3.8) is 0 Å². The summed E-state index contributed by atoms with van der Waals surface area (Å²) in [5.74, 6) is -1.13. The molecule has 0 aromatic heterocycles. The Bertz CT molecular complexity index is 378. The van der Waals surface area contributed by atoms with Crippen molar-refractivity contribution in [1.82, 2.24) is 9.03 Å². The van der Waals surface area contributed by atoms with E-state index >= 15 is 0 Å². The molecule has 0 radical (unpaired) electrons. The summed E-state index contributed by atoms with van der Waals surface area (Å²) in [5.41, 5.74) is 0. The Morgan fingerprint density at radius 2 is 2.12 bits per heavy atom. The van der Waals surface area contributed by atoms with Crippen LogP contribution in [0.5, 0.6) is 0 Å². The van der Waals surface area contributed by atoms with Crippen LogP contribution in [0.1, 0.15) is 12.8 Å². The number of morpholine rings is 1. The zero-order valence-electron chi connectivity index (χ0n) is 8.63. The summed E-state index contributed by atoms with van der Waals surface area (Å²) in [6, 6.07) is 0.0242. The molecule has 1 aliphatic heterocycles. The summed E-state index contributed by atoms with van der Waals surface area (Å²) in [4.78, 5) is 10.7. The maximum Gasteiger partial charge on any atom is 0.334 e. The van der Waals surface area contributed by atoms with E-state index in [9.17, 15) is 13.2 Å². The van der Waals surface area contributed by atoms with Crippen LogP contribution in [0.25, 0.3) is 0 Å². The van der Waals surface area contributed by atoms with Crippen molar-refractivity contribution >= 4 is 16.2 Å². The summed E-state index contributed by atoms with van der Waals surface area (Å²) >= 11 is 0. The van der Waals surface area contributed by atoms with Crippen molar-refractivity contribution in [2.45, 2.75) is 25.0 Å². The molecule has 7 nitrogen and oxygen atoms in total. The molecule has 0 aromatic rings. The second-order valence-electron chi connectivity index (χ2n) is 3.95. The zero-order valence-corrected chi connectivity index (χ0v) is 9.44. The van der Waals surface area contributed by atoms with Crippen molar-refractivity contribution in [2.24, 2.45) is 0 Å². The largest absolute Gasteiger partial charge is 0.479 e. The van der Waals surface area contributed by atoms with Gasteiger partial charge >= 0.3 is 5.97 Å². The fourth-order valence-electron chi connectivity index (χ4n) is 1.48. The molecule has 1 saturated carbocycles. The van der Waals surface area contributed by atoms with Crippen LogP contribution in [-0.2, 0) is 19.7 Å². The lowest BCUT2D eigenvalue weighted by atomic mass is 10.3. The topological polar surface area (TPSA) is 95.9 Å². The first kappa shape index (κ1) is 11.8. The van der Waals surface area contributed by atoms with Crippen molar-refractivity contribution in [1.29, 1.82) is 0 Å². The average Bonchev–Trinajstić information content (AvgIpc) is 3.01. The number of rotatable bonds is 4. The molecule has 1 saturated heterocycles. The van der Waals surface area contributed by atoms with Gasteiger partial charge in [-0.25, -0.2) is 4.79 Å². The summed E-state index contributed by atoms with van der Waals surface area (Å²) in [5, 5.41) is 8.75. The van der Waals surface area contributed by atoms with Gasteiger partial charge in [0.1, 0.15) is 0 Å². The lowest BCUT2D eigenvalue weighted by Crippen LogP contribution is -2.52. The van der Waals surface area contributed by atoms with Crippen molar-refractivity contribution < 1.29 is 23.1 Å². The van der Waals surface area contributed by atoms with E-state index < -0.39 is 22.3 Å². The Morgan fingerprint density at radius 3 is 2.69 bits per heavy atom. The lowest BCUT2D eigenvalue weighted by molar-refractivity contribution is -0.153. The third-order valence-corrected chi connectivity index (χ3v) is 4.18. The van der Waals surface area contributed by atoms with Gasteiger partial charge in [-0.2, -0.15) is 17.4 Å². The molecule has 8 heteroatoms. The molecule has 1 heterocycles. The van der Waals surface area contributed by atoms with Gasteiger partial charge in [0.2, 0.25) is 0 Å². The Labute approximate surface area is 93.6 Å². The minimum atomic E-state index is -3.55. The van der Waals surface area contributed by atoms with Crippen LogP contribution >= 0.6 is 0 Å². The van der Waals surface area contributed by atoms with Crippen LogP contribution in [0.15, 0.2) is 0 Å². The smallest absolute Gasteiger partial charge is 0.334 e. The van der Waals surface area contributed by atoms with Crippen molar-refractivity contribution in [3.8, 4) is 0 Å². The van der Waals surface area contributed by atoms with Gasteiger partial charge in [0.15, 0.2) is 6.10 Å². The molecule has 2 fully saturated rings. The second kappa shape index (κ2) is 4.28. The fourth-order valence-corrected chi connectivity index (χ4v) is 2.93. The van der Waals surface area contributed by atoms with E-state index in [0.29, 0.717) is 0 Å². The van der Waals surface area contributed by atoms with Gasteiger partial charge in [-0.3, -0.25) is 0 Å². The third kappa shape index (κ3) is 2.70. The maximum absolute atomic E-state index is 11.8. The Hall–Kier alpha value is -0.700. The van der Waals surface area contributed by atoms with E-state index in [-0.39, 0.29) is 25.7 Å². The van der Waals surface area contributed by atoms with Crippen LogP contribution in [0.2, 0.25) is 0 Å². The molecule has 0 aromatic carbocycles. The monoisotopic (exact) mass is 250 g/mol. The highest BCUT2D eigenvalue weighted by Crippen LogP contribution is 2.21. The molecule has 16 heavy (non-hydrogen) atoms. The summed E-state index contributed by atoms with van der Waals surface area (Å²) in [7, 11) is -3.55. The van der Waals surface area contributed by atoms with Gasteiger partial charge in [-0.05, 0) is 12.8 Å². The standard InChI is InChI=1S/C8H14N2O5S/c11-8(12)7-5-10(3-4-15-7)16(13,14)9-6-1-2-6/h6-7,9H,1-5H2,(H,11,12). The Morgan fingerprint density at radius 1 is 1.44 bits per heavy atom. The maximum atomic E-state index is 11.8. The quantitative estimate of drug-likeness (QED) is 0.651. The SMILES string of the molecule is O=C(O)C1CN(S(=O)(=O)NC2CC2)CCO1. The normalized spacial score (nSPS) is 27.9. The second-order valence-corrected chi connectivity index (χ2v) is 5.66. The molecule has 2 aliphatic rings. The molecular weight excluding hydrogens is 236 g/mol. The molecule has 1 unspecified atom stereocenters. The van der Waals surface area contributed by atoms with Gasteiger partial charge in [0.05, 0.1) is 13.2 Å². The van der Waals surface area contributed by atoms with E-state index in [1.807, 2.05) is 0 Å². The minimum absolute atomic E-state index is 0.0242. The van der Waals surface area contributed by atoms with E-state index in [4.69, 9.17) is 9.84 Å². The first-order valence-corrected chi connectivity index (χ1v) is 6.55. The number of nitrogens with zero attached hydrogens (tertiary/aromatic N) is 1. The van der Waals surface area contributed by atoms with Crippen LogP contribution in [0.3, 0.4) is 0 Å². The Kier molecular flexibility index (Phi) is 3.15. The number of aliphatic carboxylic acids is 1. The van der Waals surface area contributed by atoms with E-state index in [1.54, 1.807) is 0 Å². The first-order valence-electron chi connectivity index (χ1n) is 5.11. The molecule has 92 valence electrons. The lowest BCUT2D eigenvalue weighted by Gasteiger charge is -2.29. The number of carboxylic acid groups (broad SMARTS) is 1. The van der Waals surface area contributed by atoms with E-state index in [0.717, 1.165) is 17.1 Å². The van der Waals surface area contributed by atoms with Crippen LogP contribution in [0, 0.1) is 0 Å². The molecule has 0 bridgehead atoms. The molecule has 2 N–H and O–H groups in total.